The SMILES string of the molecule is CC(C)c1c(C(=O)Nc2ccccc2)c(-c2cccc(OCCCCCc3cn(CCOCCOCCOCCOCCNc4ccc5c(c4)C(=O)N(C4CCC(=O)NC4=O)C5=O)nn3)c2)c(-c2ccc(F)cc2)n1CCC(O)CC(O)CC(=O)O. The minimum atomic E-state index is -1.24. The number of aliphatic hydroxyl groups is 2. The Morgan fingerprint density at radius 3 is 2.16 bits per heavy atom. The molecular formula is C63H75FN8O14. The summed E-state index contributed by atoms with van der Waals surface area (Å²) in [6, 6.07) is 26.5. The van der Waals surface area contributed by atoms with Gasteiger partial charge >= 0.3 is 5.97 Å². The third kappa shape index (κ3) is 17.7. The molecule has 0 radical (unpaired) electrons. The number of anilines is 2. The van der Waals surface area contributed by atoms with Gasteiger partial charge in [-0.1, -0.05) is 49.4 Å². The summed E-state index contributed by atoms with van der Waals surface area (Å²) >= 11 is 0. The van der Waals surface area contributed by atoms with E-state index in [9.17, 15) is 48.5 Å². The molecule has 2 aliphatic rings. The maximum absolute atomic E-state index is 14.7. The number of carboxylic acid groups (broad SMARTS) is 1. The number of ether oxygens (including phenoxy) is 5. The Morgan fingerprint density at radius 1 is 0.744 bits per heavy atom. The van der Waals surface area contributed by atoms with Crippen LogP contribution in [0.1, 0.15) is 114 Å². The maximum atomic E-state index is 14.7. The van der Waals surface area contributed by atoms with E-state index in [-0.39, 0.29) is 55.2 Å². The van der Waals surface area contributed by atoms with E-state index >= 15 is 0 Å². The minimum Gasteiger partial charge on any atom is -0.494 e. The molecule has 0 saturated carbocycles. The van der Waals surface area contributed by atoms with Crippen LogP contribution < -0.4 is 20.7 Å². The number of hydrogen-bond donors (Lipinski definition) is 6. The highest BCUT2D eigenvalue weighted by Crippen LogP contribution is 2.44. The summed E-state index contributed by atoms with van der Waals surface area (Å²) in [7, 11) is 0. The fourth-order valence-corrected chi connectivity index (χ4v) is 10.4. The number of aliphatic carboxylic acids is 1. The molecule has 23 heteroatoms. The summed E-state index contributed by atoms with van der Waals surface area (Å²) < 4.78 is 47.1. The van der Waals surface area contributed by atoms with Crippen molar-refractivity contribution < 1.29 is 72.2 Å². The first-order valence-corrected chi connectivity index (χ1v) is 29.1. The second kappa shape index (κ2) is 31.8. The smallest absolute Gasteiger partial charge is 0.305 e. The average Bonchev–Trinajstić information content (AvgIpc) is 1.65. The monoisotopic (exact) mass is 1190 g/mol. The summed E-state index contributed by atoms with van der Waals surface area (Å²) in [5, 5.41) is 47.6. The van der Waals surface area contributed by atoms with Gasteiger partial charge in [0.25, 0.3) is 17.7 Å². The van der Waals surface area contributed by atoms with Crippen molar-refractivity contribution in [3.05, 3.63) is 137 Å². The number of aryl methyl sites for hydroxylation is 1. The van der Waals surface area contributed by atoms with Crippen molar-refractivity contribution in [1.29, 1.82) is 0 Å². The summed E-state index contributed by atoms with van der Waals surface area (Å²) in [6.07, 6.45) is 2.51. The number of para-hydroxylation sites is 1. The number of fused-ring (bicyclic) bond motifs is 1. The van der Waals surface area contributed by atoms with Crippen molar-refractivity contribution >= 4 is 46.9 Å². The van der Waals surface area contributed by atoms with E-state index in [1.54, 1.807) is 47.1 Å². The number of hydrogen-bond acceptors (Lipinski definition) is 16. The van der Waals surface area contributed by atoms with E-state index in [1.165, 1.54) is 12.1 Å². The molecule has 22 nitrogen and oxygen atoms in total. The summed E-state index contributed by atoms with van der Waals surface area (Å²) in [4.78, 5) is 76.7. The van der Waals surface area contributed by atoms with Crippen LogP contribution >= 0.6 is 0 Å². The van der Waals surface area contributed by atoms with Crippen LogP contribution in [0.3, 0.4) is 0 Å². The highest BCUT2D eigenvalue weighted by atomic mass is 19.1. The Morgan fingerprint density at radius 2 is 1.45 bits per heavy atom. The van der Waals surface area contributed by atoms with E-state index in [2.05, 4.69) is 26.3 Å². The number of imide groups is 2. The molecule has 5 amide bonds. The number of rotatable bonds is 36. The van der Waals surface area contributed by atoms with Gasteiger partial charge in [-0.3, -0.25) is 39.0 Å². The van der Waals surface area contributed by atoms with Crippen LogP contribution in [0.5, 0.6) is 5.75 Å². The van der Waals surface area contributed by atoms with Gasteiger partial charge in [0.2, 0.25) is 11.8 Å². The van der Waals surface area contributed by atoms with Gasteiger partial charge in [-0.25, -0.2) is 9.07 Å². The van der Waals surface area contributed by atoms with Crippen LogP contribution in [0.2, 0.25) is 0 Å². The molecule has 1 saturated heterocycles. The first kappa shape index (κ1) is 63.8. The standard InChI is InChI=1S/C63H75FN8O14/c1-41(2)58-57(61(79)66-45-11-5-3-6-12-45)56(59(42-15-17-44(64)18-16-42)71(58)25-23-48(73)38-49(74)39-55(76)77)43-10-9-14-50(36-43)86-27-8-4-7-13-47-40-70(69-68-47)26-29-83-31-33-85-35-34-84-32-30-82-28-24-65-46-19-20-51-52(37-46)63(81)72(62(51)80)53-21-22-54(75)67-60(53)78/h3,5-6,9-12,14-20,36-37,40-41,48-49,53,65,73-74H,4,7-8,13,21-35,38-39H2,1-2H3,(H,66,79)(H,76,77)(H,67,75,78). The van der Waals surface area contributed by atoms with Crippen LogP contribution in [0, 0.1) is 5.82 Å². The summed E-state index contributed by atoms with van der Waals surface area (Å²) in [5.41, 5.74) is 6.14. The molecule has 0 aliphatic carbocycles. The Labute approximate surface area is 497 Å². The number of aromatic nitrogens is 4. The third-order valence-electron chi connectivity index (χ3n) is 14.5. The second-order valence-electron chi connectivity index (χ2n) is 21.3. The average molecular weight is 1190 g/mol. The fourth-order valence-electron chi connectivity index (χ4n) is 10.4. The van der Waals surface area contributed by atoms with Gasteiger partial charge in [-0.15, -0.1) is 5.10 Å². The molecule has 6 N–H and O–H groups in total. The lowest BCUT2D eigenvalue weighted by atomic mass is 9.94. The molecule has 0 spiro atoms. The molecule has 86 heavy (non-hydrogen) atoms. The number of unbranched alkanes of at least 4 members (excludes halogenated alkanes) is 2. The topological polar surface area (TPSA) is 284 Å². The lowest BCUT2D eigenvalue weighted by molar-refractivity contribution is -0.140. The normalized spacial score (nSPS) is 14.8. The van der Waals surface area contributed by atoms with Gasteiger partial charge in [-0.2, -0.15) is 0 Å². The predicted octanol–water partition coefficient (Wildman–Crippen LogP) is 7.28. The van der Waals surface area contributed by atoms with Crippen molar-refractivity contribution in [2.75, 3.05) is 76.6 Å². The highest BCUT2D eigenvalue weighted by molar-refractivity contribution is 6.23. The van der Waals surface area contributed by atoms with Gasteiger partial charge in [0.15, 0.2) is 0 Å². The van der Waals surface area contributed by atoms with E-state index in [0.717, 1.165) is 36.3 Å². The van der Waals surface area contributed by atoms with Gasteiger partial charge in [0.1, 0.15) is 17.6 Å². The molecule has 6 aromatic rings. The van der Waals surface area contributed by atoms with Gasteiger partial charge in [-0.05, 0) is 129 Å². The number of carboxylic acids is 1. The molecule has 4 aromatic carbocycles. The molecule has 458 valence electrons. The maximum Gasteiger partial charge on any atom is 0.305 e. The van der Waals surface area contributed by atoms with Crippen molar-refractivity contribution in [1.82, 2.24) is 29.8 Å². The molecule has 2 aromatic heterocycles. The number of piperidine rings is 1. The van der Waals surface area contributed by atoms with E-state index in [4.69, 9.17) is 23.7 Å². The zero-order valence-corrected chi connectivity index (χ0v) is 48.4. The third-order valence-corrected chi connectivity index (χ3v) is 14.5. The molecule has 8 rings (SSSR count). The molecule has 2 aliphatic heterocycles. The van der Waals surface area contributed by atoms with Crippen LogP contribution in [-0.4, -0.2) is 160 Å². The number of carbonyl (C=O) groups is 6. The quantitative estimate of drug-likeness (QED) is 0.0166. The first-order chi connectivity index (χ1) is 41.6. The van der Waals surface area contributed by atoms with Crippen molar-refractivity contribution in [2.24, 2.45) is 0 Å². The van der Waals surface area contributed by atoms with E-state index in [1.807, 2.05) is 67.1 Å². The Kier molecular flexibility index (Phi) is 23.6. The van der Waals surface area contributed by atoms with E-state index in [0.29, 0.717) is 123 Å². The summed E-state index contributed by atoms with van der Waals surface area (Å²) in [6.45, 7) is 8.73. The number of nitrogens with one attached hydrogen (secondary N) is 3. The van der Waals surface area contributed by atoms with Crippen LogP contribution in [0.4, 0.5) is 15.8 Å². The van der Waals surface area contributed by atoms with Crippen LogP contribution in [-0.2, 0) is 52.8 Å². The number of benzene rings is 4. The Hall–Kier alpha value is -8.19. The molecule has 1 fully saturated rings. The largest absolute Gasteiger partial charge is 0.494 e. The predicted molar refractivity (Wildman–Crippen MR) is 315 cm³/mol. The molecule has 4 heterocycles. The van der Waals surface area contributed by atoms with E-state index < -0.39 is 60.1 Å². The fraction of sp³-hybridized carbons (Fsp3) is 0.429. The zero-order valence-electron chi connectivity index (χ0n) is 48.4. The Bertz CT molecular complexity index is 3260. The summed E-state index contributed by atoms with van der Waals surface area (Å²) in [5.74, 6) is -3.77. The number of nitrogens with zero attached hydrogens (tertiary/aromatic N) is 5. The number of halogens is 1. The van der Waals surface area contributed by atoms with Crippen molar-refractivity contribution in [3.63, 3.8) is 0 Å². The lowest BCUT2D eigenvalue weighted by Crippen LogP contribution is -2.54. The molecule has 3 unspecified atom stereocenters. The Balaban J connectivity index is 0.721. The van der Waals surface area contributed by atoms with Gasteiger partial charge < -0.3 is 54.2 Å². The number of carbonyl (C=O) groups excluding carboxylic acids is 5. The highest BCUT2D eigenvalue weighted by Gasteiger charge is 2.44. The molecular weight excluding hydrogens is 1110 g/mol. The first-order valence-electron chi connectivity index (χ1n) is 29.1. The minimum absolute atomic E-state index is 0.0558. The zero-order chi connectivity index (χ0) is 61.0. The number of aliphatic hydroxyl groups excluding tert-OH is 2. The van der Waals surface area contributed by atoms with Crippen molar-refractivity contribution in [2.45, 2.75) is 109 Å². The van der Waals surface area contributed by atoms with Gasteiger partial charge in [0, 0.05) is 48.3 Å². The molecule has 3 atom stereocenters. The van der Waals surface area contributed by atoms with Crippen LogP contribution in [0.15, 0.2) is 103 Å². The second-order valence-corrected chi connectivity index (χ2v) is 21.3. The van der Waals surface area contributed by atoms with Crippen molar-refractivity contribution in [3.8, 4) is 28.1 Å². The molecule has 0 bridgehead atoms. The van der Waals surface area contributed by atoms with Crippen LogP contribution in [0.25, 0.3) is 22.4 Å². The lowest BCUT2D eigenvalue weighted by Gasteiger charge is -2.27. The number of amides is 5. The van der Waals surface area contributed by atoms with Gasteiger partial charge in [0.05, 0.1) is 113 Å².